The monoisotopic (exact) mass is 303 g/mol. The van der Waals surface area contributed by atoms with Crippen LogP contribution in [0.1, 0.15) is 0 Å². The van der Waals surface area contributed by atoms with Crippen LogP contribution >= 0.6 is 0 Å². The average Bonchev–Trinajstić information content (AvgIpc) is 2.97. The number of aromatic nitrogens is 5. The van der Waals surface area contributed by atoms with Gasteiger partial charge in [-0.05, 0) is 0 Å². The van der Waals surface area contributed by atoms with E-state index in [1.54, 1.807) is 13.2 Å². The van der Waals surface area contributed by atoms with E-state index in [0.29, 0.717) is 0 Å². The highest BCUT2D eigenvalue weighted by atomic mass is 19.4. The lowest BCUT2D eigenvalue weighted by molar-refractivity contribution is -0.198. The molecule has 0 bridgehead atoms. The fraction of sp³-hybridized carbons (Fsp3) is 0.400. The second kappa shape index (κ2) is 5.91. The molecule has 0 aliphatic carbocycles. The van der Waals surface area contributed by atoms with Crippen LogP contribution in [0.15, 0.2) is 18.7 Å². The van der Waals surface area contributed by atoms with Gasteiger partial charge < -0.3 is 15.7 Å². The minimum Gasteiger partial charge on any atom is -0.382 e. The summed E-state index contributed by atoms with van der Waals surface area (Å²) in [4.78, 5) is 15.7. The van der Waals surface area contributed by atoms with E-state index in [1.807, 2.05) is 0 Å². The quantitative estimate of drug-likeness (QED) is 0.736. The van der Waals surface area contributed by atoms with Crippen LogP contribution in [0.3, 0.4) is 0 Å². The van der Waals surface area contributed by atoms with Gasteiger partial charge in [-0.3, -0.25) is 4.57 Å². The first-order valence-electron chi connectivity index (χ1n) is 5.81. The van der Waals surface area contributed by atoms with E-state index in [-0.39, 0.29) is 17.8 Å². The molecule has 0 saturated heterocycles. The third-order valence-corrected chi connectivity index (χ3v) is 2.41. The van der Waals surface area contributed by atoms with Gasteiger partial charge in [0.15, 0.2) is 6.10 Å². The van der Waals surface area contributed by atoms with E-state index in [0.717, 1.165) is 0 Å². The van der Waals surface area contributed by atoms with Crippen LogP contribution in [-0.2, 0) is 0 Å². The molecule has 1 atom stereocenters. The van der Waals surface area contributed by atoms with Gasteiger partial charge in [-0.1, -0.05) is 0 Å². The van der Waals surface area contributed by atoms with Crippen molar-refractivity contribution in [3.8, 4) is 5.95 Å². The molecule has 0 amide bonds. The van der Waals surface area contributed by atoms with Crippen molar-refractivity contribution in [2.75, 3.05) is 24.2 Å². The highest BCUT2D eigenvalue weighted by molar-refractivity contribution is 5.37. The fourth-order valence-electron chi connectivity index (χ4n) is 1.35. The molecule has 0 aromatic carbocycles. The van der Waals surface area contributed by atoms with Gasteiger partial charge in [-0.25, -0.2) is 4.98 Å². The highest BCUT2D eigenvalue weighted by Gasteiger charge is 2.38. The van der Waals surface area contributed by atoms with E-state index in [4.69, 9.17) is 5.11 Å². The normalized spacial score (nSPS) is 13.0. The molecular weight excluding hydrogens is 291 g/mol. The zero-order valence-corrected chi connectivity index (χ0v) is 10.8. The Hall–Kier alpha value is -2.43. The number of imidazole rings is 1. The molecule has 0 aliphatic rings. The smallest absolute Gasteiger partial charge is 0.382 e. The molecule has 2 aromatic rings. The summed E-state index contributed by atoms with van der Waals surface area (Å²) >= 11 is 0. The largest absolute Gasteiger partial charge is 0.416 e. The number of anilines is 2. The summed E-state index contributed by atoms with van der Waals surface area (Å²) in [5.74, 6) is 0.245. The summed E-state index contributed by atoms with van der Waals surface area (Å²) in [5.41, 5.74) is 0. The minimum atomic E-state index is -4.71. The Labute approximate surface area is 117 Å². The number of alkyl halides is 3. The zero-order chi connectivity index (χ0) is 15.5. The molecule has 3 N–H and O–H groups in total. The molecule has 8 nitrogen and oxygen atoms in total. The maximum atomic E-state index is 12.2. The van der Waals surface area contributed by atoms with Gasteiger partial charge in [0, 0.05) is 19.4 Å². The number of hydrogen-bond acceptors (Lipinski definition) is 7. The lowest BCUT2D eigenvalue weighted by atomic mass is 10.3. The van der Waals surface area contributed by atoms with E-state index in [2.05, 4.69) is 30.6 Å². The Morgan fingerprint density at radius 2 is 2.00 bits per heavy atom. The van der Waals surface area contributed by atoms with Crippen LogP contribution in [0.5, 0.6) is 0 Å². The van der Waals surface area contributed by atoms with Crippen molar-refractivity contribution < 1.29 is 18.3 Å². The fourth-order valence-corrected chi connectivity index (χ4v) is 1.35. The van der Waals surface area contributed by atoms with Crippen molar-refractivity contribution in [3.05, 3.63) is 18.7 Å². The SMILES string of the molecule is CNc1nc(NCC(O)C(F)(F)F)nc(-n2ccnc2)n1. The Morgan fingerprint density at radius 1 is 1.29 bits per heavy atom. The Morgan fingerprint density at radius 3 is 2.57 bits per heavy atom. The Balaban J connectivity index is 2.18. The molecule has 0 fully saturated rings. The summed E-state index contributed by atoms with van der Waals surface area (Å²) in [7, 11) is 1.56. The third kappa shape index (κ3) is 3.78. The van der Waals surface area contributed by atoms with Crippen LogP contribution in [0.2, 0.25) is 0 Å². The summed E-state index contributed by atoms with van der Waals surface area (Å²) in [5, 5.41) is 13.9. The van der Waals surface area contributed by atoms with Gasteiger partial charge in [-0.15, -0.1) is 0 Å². The number of hydrogen-bond donors (Lipinski definition) is 3. The Kier molecular flexibility index (Phi) is 4.21. The van der Waals surface area contributed by atoms with Crippen LogP contribution in [0.25, 0.3) is 5.95 Å². The second-order valence-corrected chi connectivity index (χ2v) is 3.94. The van der Waals surface area contributed by atoms with Gasteiger partial charge in [0.25, 0.3) is 0 Å². The summed E-state index contributed by atoms with van der Waals surface area (Å²) in [6, 6.07) is 0. The third-order valence-electron chi connectivity index (χ3n) is 2.41. The molecule has 0 aliphatic heterocycles. The molecule has 21 heavy (non-hydrogen) atoms. The van der Waals surface area contributed by atoms with Crippen molar-refractivity contribution in [2.24, 2.45) is 0 Å². The van der Waals surface area contributed by atoms with E-state index in [9.17, 15) is 13.2 Å². The van der Waals surface area contributed by atoms with Crippen molar-refractivity contribution in [1.82, 2.24) is 24.5 Å². The van der Waals surface area contributed by atoms with Crippen LogP contribution < -0.4 is 10.6 Å². The summed E-state index contributed by atoms with van der Waals surface area (Å²) in [6.45, 7) is -0.764. The van der Waals surface area contributed by atoms with Crippen molar-refractivity contribution in [1.29, 1.82) is 0 Å². The molecular formula is C10H12F3N7O. The minimum absolute atomic E-state index is 0.0960. The molecule has 0 saturated carbocycles. The number of nitrogens with zero attached hydrogens (tertiary/aromatic N) is 5. The molecule has 1 unspecified atom stereocenters. The van der Waals surface area contributed by atoms with E-state index in [1.165, 1.54) is 17.1 Å². The number of aliphatic hydroxyl groups is 1. The van der Waals surface area contributed by atoms with Crippen LogP contribution in [0, 0.1) is 0 Å². The highest BCUT2D eigenvalue weighted by Crippen LogP contribution is 2.20. The number of aliphatic hydroxyl groups excluding tert-OH is 1. The van der Waals surface area contributed by atoms with Crippen molar-refractivity contribution >= 4 is 11.9 Å². The number of halogens is 3. The lowest BCUT2D eigenvalue weighted by Crippen LogP contribution is -2.35. The molecule has 0 spiro atoms. The van der Waals surface area contributed by atoms with Gasteiger partial charge in [-0.2, -0.15) is 28.1 Å². The van der Waals surface area contributed by atoms with Gasteiger partial charge >= 0.3 is 6.18 Å². The topological polar surface area (TPSA) is 101 Å². The molecule has 0 radical (unpaired) electrons. The standard InChI is InChI=1S/C10H12F3N7O/c1-14-7-17-8(16-4-6(21)10(11,12)13)19-9(18-7)20-3-2-15-5-20/h2-3,5-6,21H,4H2,1H3,(H2,14,16,17,18,19). The predicted molar refractivity (Wildman–Crippen MR) is 67.0 cm³/mol. The summed E-state index contributed by atoms with van der Waals surface area (Å²) in [6.07, 6.45) is -2.71. The maximum absolute atomic E-state index is 12.2. The molecule has 2 rings (SSSR count). The second-order valence-electron chi connectivity index (χ2n) is 3.94. The number of nitrogens with one attached hydrogen (secondary N) is 2. The van der Waals surface area contributed by atoms with E-state index < -0.39 is 18.8 Å². The average molecular weight is 303 g/mol. The Bertz CT molecular complexity index is 587. The predicted octanol–water partition coefficient (Wildman–Crippen LogP) is 0.434. The first-order chi connectivity index (χ1) is 9.90. The zero-order valence-electron chi connectivity index (χ0n) is 10.8. The summed E-state index contributed by atoms with van der Waals surface area (Å²) < 4.78 is 38.2. The lowest BCUT2D eigenvalue weighted by Gasteiger charge is -2.15. The van der Waals surface area contributed by atoms with Gasteiger partial charge in [0.05, 0.1) is 6.54 Å². The van der Waals surface area contributed by atoms with Crippen molar-refractivity contribution in [2.45, 2.75) is 12.3 Å². The first kappa shape index (κ1) is 15.0. The van der Waals surface area contributed by atoms with Gasteiger partial charge in [0.1, 0.15) is 6.33 Å². The van der Waals surface area contributed by atoms with E-state index >= 15 is 0 Å². The van der Waals surface area contributed by atoms with Crippen LogP contribution in [-0.4, -0.2) is 55.5 Å². The van der Waals surface area contributed by atoms with Crippen LogP contribution in [0.4, 0.5) is 25.1 Å². The van der Waals surface area contributed by atoms with Crippen molar-refractivity contribution in [3.63, 3.8) is 0 Å². The number of rotatable bonds is 5. The molecule has 114 valence electrons. The maximum Gasteiger partial charge on any atom is 0.416 e. The molecule has 2 heterocycles. The molecule has 11 heteroatoms. The molecule has 2 aromatic heterocycles. The first-order valence-corrected chi connectivity index (χ1v) is 5.81. The van der Waals surface area contributed by atoms with Gasteiger partial charge in [0.2, 0.25) is 17.8 Å².